The molecule has 4 heterocycles. The molecule has 1 aliphatic heterocycles. The Labute approximate surface area is 216 Å². The molecule has 0 radical (unpaired) electrons. The van der Waals surface area contributed by atoms with Gasteiger partial charge in [0.05, 0.1) is 24.5 Å². The first kappa shape index (κ1) is 21.8. The number of carbonyl (C=O) groups is 1. The predicted molar refractivity (Wildman–Crippen MR) is 139 cm³/mol. The lowest BCUT2D eigenvalue weighted by molar-refractivity contribution is -0.132. The summed E-state index contributed by atoms with van der Waals surface area (Å²) in [6.07, 6.45) is 3.94. The zero-order valence-electron chi connectivity index (χ0n) is 24.4. The van der Waals surface area contributed by atoms with Crippen molar-refractivity contribution < 1.29 is 13.6 Å². The van der Waals surface area contributed by atoms with Crippen molar-refractivity contribution in [2.24, 2.45) is 0 Å². The van der Waals surface area contributed by atoms with Gasteiger partial charge in [0.1, 0.15) is 5.82 Å². The molecule has 2 N–H and O–H groups in total. The van der Waals surface area contributed by atoms with Crippen molar-refractivity contribution >= 4 is 23.2 Å². The molecule has 1 amide bonds. The third kappa shape index (κ3) is 5.84. The molecule has 0 aliphatic carbocycles. The van der Waals surface area contributed by atoms with Crippen LogP contribution in [-0.2, 0) is 11.2 Å². The smallest absolute Gasteiger partial charge is 0.336 e. The van der Waals surface area contributed by atoms with Crippen molar-refractivity contribution in [1.29, 1.82) is 0 Å². The van der Waals surface area contributed by atoms with E-state index in [2.05, 4.69) is 26.0 Å². The van der Waals surface area contributed by atoms with Crippen molar-refractivity contribution in [3.63, 3.8) is 0 Å². The fraction of sp³-hybridized carbons (Fsp3) is 0.560. The number of pyridine rings is 1. The van der Waals surface area contributed by atoms with Crippen LogP contribution in [0.4, 0.5) is 11.6 Å². The molecule has 1 aliphatic rings. The summed E-state index contributed by atoms with van der Waals surface area (Å²) < 4.78 is 30.5. The number of nitrogens with two attached hydrogens (primary N) is 1. The van der Waals surface area contributed by atoms with Crippen molar-refractivity contribution in [1.82, 2.24) is 34.4 Å². The number of amides is 1. The third-order valence-electron chi connectivity index (χ3n) is 6.11. The molecule has 1 atom stereocenters. The number of ether oxygens (including phenoxy) is 1. The van der Waals surface area contributed by atoms with Crippen molar-refractivity contribution in [3.8, 4) is 6.01 Å². The SMILES string of the molecule is [2H]C([2H])([2H])C(CCC)Oc1nc(N)c2ncc(Cc3cnc(N4CCN(C(=O)CN(C)C)CC4)c(C)c3)n2n1. The van der Waals surface area contributed by atoms with Gasteiger partial charge >= 0.3 is 6.01 Å². The number of hydrogen-bond donors (Lipinski definition) is 1. The van der Waals surface area contributed by atoms with Crippen LogP contribution >= 0.6 is 0 Å². The number of likely N-dealkylation sites (N-methyl/N-ethyl adjacent to an activating group) is 1. The Morgan fingerprint density at radius 1 is 1.25 bits per heavy atom. The molecule has 11 heteroatoms. The number of fused-ring (bicyclic) bond motifs is 1. The minimum Gasteiger partial charge on any atom is -0.459 e. The summed E-state index contributed by atoms with van der Waals surface area (Å²) in [6, 6.07) is 1.99. The van der Waals surface area contributed by atoms with E-state index in [1.807, 2.05) is 43.9 Å². The second-order valence-corrected chi connectivity index (χ2v) is 9.43. The molecule has 36 heavy (non-hydrogen) atoms. The number of nitrogen functional groups attached to an aromatic ring is 1. The second-order valence-electron chi connectivity index (χ2n) is 9.43. The van der Waals surface area contributed by atoms with Crippen LogP contribution in [0.3, 0.4) is 0 Å². The highest BCUT2D eigenvalue weighted by Gasteiger charge is 2.23. The fourth-order valence-electron chi connectivity index (χ4n) is 4.35. The highest BCUT2D eigenvalue weighted by atomic mass is 16.5. The topological polar surface area (TPSA) is 118 Å². The number of anilines is 2. The molecular formula is C25H37N9O2. The van der Waals surface area contributed by atoms with Gasteiger partial charge in [0.15, 0.2) is 11.5 Å². The molecule has 1 unspecified atom stereocenters. The summed E-state index contributed by atoms with van der Waals surface area (Å²) in [4.78, 5) is 31.6. The van der Waals surface area contributed by atoms with Crippen LogP contribution in [0.15, 0.2) is 18.5 Å². The Balaban J connectivity index is 1.48. The van der Waals surface area contributed by atoms with Gasteiger partial charge in [0, 0.05) is 42.9 Å². The number of piperazine rings is 1. The van der Waals surface area contributed by atoms with Gasteiger partial charge in [-0.1, -0.05) is 19.4 Å². The lowest BCUT2D eigenvalue weighted by Gasteiger charge is -2.36. The summed E-state index contributed by atoms with van der Waals surface area (Å²) in [5.41, 5.74) is 9.22. The Bertz CT molecular complexity index is 1300. The van der Waals surface area contributed by atoms with Gasteiger partial charge < -0.3 is 25.2 Å². The van der Waals surface area contributed by atoms with E-state index >= 15 is 0 Å². The summed E-state index contributed by atoms with van der Waals surface area (Å²) in [5.74, 6) is 1.16. The van der Waals surface area contributed by atoms with E-state index in [-0.39, 0.29) is 17.7 Å². The van der Waals surface area contributed by atoms with E-state index in [4.69, 9.17) is 19.6 Å². The molecule has 1 saturated heterocycles. The largest absolute Gasteiger partial charge is 0.459 e. The van der Waals surface area contributed by atoms with Gasteiger partial charge in [0.2, 0.25) is 5.91 Å². The standard InChI is InChI=1S/C25H37N9O2/c1-6-7-18(3)36-25-29-22(26)24-28-15-20(34(24)30-25)13-19-12-17(2)23(27-14-19)33-10-8-32(9-11-33)21(35)16-31(4)5/h12,14-15,18H,6-11,13,16H2,1-5H3,(H2,26,29,30)/i3D3. The number of aromatic nitrogens is 5. The van der Waals surface area contributed by atoms with Crippen LogP contribution in [0.5, 0.6) is 6.01 Å². The van der Waals surface area contributed by atoms with Crippen LogP contribution in [0.2, 0.25) is 0 Å². The maximum absolute atomic E-state index is 12.4. The monoisotopic (exact) mass is 498 g/mol. The minimum atomic E-state index is -2.31. The van der Waals surface area contributed by atoms with Crippen LogP contribution in [0, 0.1) is 6.92 Å². The maximum atomic E-state index is 12.4. The molecule has 1 fully saturated rings. The van der Waals surface area contributed by atoms with Crippen LogP contribution in [0.25, 0.3) is 5.65 Å². The highest BCUT2D eigenvalue weighted by Crippen LogP contribution is 2.22. The van der Waals surface area contributed by atoms with Gasteiger partial charge in [-0.05, 0) is 45.4 Å². The van der Waals surface area contributed by atoms with Gasteiger partial charge in [-0.25, -0.2) is 14.5 Å². The van der Waals surface area contributed by atoms with Gasteiger partial charge in [-0.2, -0.15) is 4.98 Å². The molecule has 0 saturated carbocycles. The summed E-state index contributed by atoms with van der Waals surface area (Å²) >= 11 is 0. The number of aryl methyl sites for hydroxylation is 1. The maximum Gasteiger partial charge on any atom is 0.336 e. The Morgan fingerprint density at radius 3 is 2.69 bits per heavy atom. The summed E-state index contributed by atoms with van der Waals surface area (Å²) in [7, 11) is 3.79. The van der Waals surface area contributed by atoms with E-state index in [1.165, 1.54) is 0 Å². The van der Waals surface area contributed by atoms with Gasteiger partial charge in [-0.15, -0.1) is 5.10 Å². The lowest BCUT2D eigenvalue weighted by Crippen LogP contribution is -2.51. The lowest BCUT2D eigenvalue weighted by atomic mass is 10.1. The molecule has 4 rings (SSSR count). The number of nitrogens with zero attached hydrogens (tertiary/aromatic N) is 8. The molecule has 11 nitrogen and oxygen atoms in total. The van der Waals surface area contributed by atoms with Crippen LogP contribution in [-0.4, -0.2) is 93.2 Å². The average Bonchev–Trinajstić information content (AvgIpc) is 3.26. The van der Waals surface area contributed by atoms with Gasteiger partial charge in [0.25, 0.3) is 0 Å². The molecule has 0 spiro atoms. The van der Waals surface area contributed by atoms with E-state index in [1.54, 1.807) is 10.7 Å². The number of carbonyl (C=O) groups excluding carboxylic acids is 1. The van der Waals surface area contributed by atoms with E-state index in [9.17, 15) is 4.79 Å². The minimum absolute atomic E-state index is 0.0957. The zero-order chi connectivity index (χ0) is 28.3. The Kier molecular flexibility index (Phi) is 6.70. The predicted octanol–water partition coefficient (Wildman–Crippen LogP) is 1.78. The molecule has 0 aromatic carbocycles. The third-order valence-corrected chi connectivity index (χ3v) is 6.11. The molecular weight excluding hydrogens is 458 g/mol. The van der Waals surface area contributed by atoms with Crippen LogP contribution < -0.4 is 15.4 Å². The van der Waals surface area contributed by atoms with Gasteiger partial charge in [-0.3, -0.25) is 4.79 Å². The Hall–Kier alpha value is -3.47. The first-order chi connectivity index (χ1) is 18.5. The average molecular weight is 499 g/mol. The number of hydrogen-bond acceptors (Lipinski definition) is 9. The van der Waals surface area contributed by atoms with Crippen molar-refractivity contribution in [3.05, 3.63) is 35.3 Å². The van der Waals surface area contributed by atoms with E-state index in [0.717, 1.165) is 35.7 Å². The quantitative estimate of drug-likeness (QED) is 0.471. The first-order valence-corrected chi connectivity index (χ1v) is 12.3. The normalized spacial score (nSPS) is 16.6. The highest BCUT2D eigenvalue weighted by molar-refractivity contribution is 5.78. The van der Waals surface area contributed by atoms with E-state index < -0.39 is 13.0 Å². The molecule has 3 aromatic heterocycles. The number of rotatable bonds is 9. The summed E-state index contributed by atoms with van der Waals surface area (Å²) in [5, 5.41) is 4.41. The Morgan fingerprint density at radius 2 is 2.03 bits per heavy atom. The number of imidazole rings is 1. The molecule has 3 aromatic rings. The van der Waals surface area contributed by atoms with E-state index in [0.29, 0.717) is 44.5 Å². The second kappa shape index (κ2) is 11.1. The first-order valence-electron chi connectivity index (χ1n) is 13.8. The van der Waals surface area contributed by atoms with Crippen LogP contribution in [0.1, 0.15) is 47.6 Å². The molecule has 0 bridgehead atoms. The zero-order valence-corrected chi connectivity index (χ0v) is 21.4. The van der Waals surface area contributed by atoms with Crippen molar-refractivity contribution in [2.75, 3.05) is 57.5 Å². The molecule has 194 valence electrons. The van der Waals surface area contributed by atoms with Crippen molar-refractivity contribution in [2.45, 2.75) is 46.1 Å². The fourth-order valence-corrected chi connectivity index (χ4v) is 4.35. The summed E-state index contributed by atoms with van der Waals surface area (Å²) in [6.45, 7) is 4.83.